The maximum absolute atomic E-state index is 11.5. The third-order valence-corrected chi connectivity index (χ3v) is 2.99. The quantitative estimate of drug-likeness (QED) is 0.789. The monoisotopic (exact) mass is 228 g/mol. The SMILES string of the molecule is COc1cccc(-n2cc3c(n2)C(=O)CC3)c1. The summed E-state index contributed by atoms with van der Waals surface area (Å²) < 4.78 is 6.91. The van der Waals surface area contributed by atoms with Gasteiger partial charge in [0.15, 0.2) is 5.78 Å². The van der Waals surface area contributed by atoms with E-state index in [1.165, 1.54) is 0 Å². The van der Waals surface area contributed by atoms with Gasteiger partial charge in [-0.15, -0.1) is 0 Å². The van der Waals surface area contributed by atoms with Gasteiger partial charge in [0, 0.05) is 24.2 Å². The van der Waals surface area contributed by atoms with E-state index in [9.17, 15) is 4.79 Å². The Bertz CT molecular complexity index is 587. The molecule has 0 unspecified atom stereocenters. The minimum atomic E-state index is 0.140. The van der Waals surface area contributed by atoms with Crippen molar-refractivity contribution in [2.75, 3.05) is 7.11 Å². The molecule has 0 atom stereocenters. The van der Waals surface area contributed by atoms with E-state index in [1.807, 2.05) is 30.5 Å². The van der Waals surface area contributed by atoms with Crippen molar-refractivity contribution in [3.8, 4) is 11.4 Å². The molecular weight excluding hydrogens is 216 g/mol. The lowest BCUT2D eigenvalue weighted by atomic mass is 10.3. The molecular formula is C13H12N2O2. The lowest BCUT2D eigenvalue weighted by Gasteiger charge is -2.04. The van der Waals surface area contributed by atoms with Crippen LogP contribution in [0.15, 0.2) is 30.5 Å². The molecule has 1 heterocycles. The Kier molecular flexibility index (Phi) is 2.21. The largest absolute Gasteiger partial charge is 0.497 e. The number of carbonyl (C=O) groups excluding carboxylic acids is 1. The number of nitrogens with zero attached hydrogens (tertiary/aromatic N) is 2. The van der Waals surface area contributed by atoms with Gasteiger partial charge in [0.25, 0.3) is 0 Å². The summed E-state index contributed by atoms with van der Waals surface area (Å²) in [4.78, 5) is 11.5. The van der Waals surface area contributed by atoms with Gasteiger partial charge in [-0.2, -0.15) is 5.10 Å². The molecule has 1 aromatic carbocycles. The Morgan fingerprint density at radius 3 is 3.00 bits per heavy atom. The molecule has 0 N–H and O–H groups in total. The first-order chi connectivity index (χ1) is 8.28. The lowest BCUT2D eigenvalue weighted by molar-refractivity contribution is 0.0989. The highest BCUT2D eigenvalue weighted by molar-refractivity contribution is 5.98. The summed E-state index contributed by atoms with van der Waals surface area (Å²) >= 11 is 0. The number of hydrogen-bond acceptors (Lipinski definition) is 3. The van der Waals surface area contributed by atoms with E-state index in [1.54, 1.807) is 11.8 Å². The third kappa shape index (κ3) is 1.62. The zero-order valence-electron chi connectivity index (χ0n) is 9.51. The molecule has 86 valence electrons. The number of fused-ring (bicyclic) bond motifs is 1. The zero-order chi connectivity index (χ0) is 11.8. The van der Waals surface area contributed by atoms with Crippen LogP contribution in [0.1, 0.15) is 22.5 Å². The van der Waals surface area contributed by atoms with Gasteiger partial charge in [-0.3, -0.25) is 4.79 Å². The second-order valence-electron chi connectivity index (χ2n) is 4.07. The van der Waals surface area contributed by atoms with Crippen LogP contribution in [0.5, 0.6) is 5.75 Å². The number of benzene rings is 1. The number of aromatic nitrogens is 2. The first-order valence-corrected chi connectivity index (χ1v) is 5.54. The Morgan fingerprint density at radius 2 is 2.24 bits per heavy atom. The van der Waals surface area contributed by atoms with Crippen molar-refractivity contribution >= 4 is 5.78 Å². The van der Waals surface area contributed by atoms with E-state index in [2.05, 4.69) is 5.10 Å². The van der Waals surface area contributed by atoms with Crippen LogP contribution in [0.4, 0.5) is 0 Å². The van der Waals surface area contributed by atoms with Crippen LogP contribution in [0.2, 0.25) is 0 Å². The van der Waals surface area contributed by atoms with Gasteiger partial charge in [-0.05, 0) is 18.6 Å². The van der Waals surface area contributed by atoms with Crippen LogP contribution < -0.4 is 4.74 Å². The number of rotatable bonds is 2. The van der Waals surface area contributed by atoms with Crippen molar-refractivity contribution in [3.05, 3.63) is 41.7 Å². The van der Waals surface area contributed by atoms with Gasteiger partial charge in [-0.1, -0.05) is 6.07 Å². The number of hydrogen-bond donors (Lipinski definition) is 0. The molecule has 4 nitrogen and oxygen atoms in total. The van der Waals surface area contributed by atoms with Crippen molar-refractivity contribution in [1.82, 2.24) is 9.78 Å². The minimum Gasteiger partial charge on any atom is -0.497 e. The molecule has 17 heavy (non-hydrogen) atoms. The molecule has 3 rings (SSSR count). The van der Waals surface area contributed by atoms with Crippen molar-refractivity contribution in [2.45, 2.75) is 12.8 Å². The summed E-state index contributed by atoms with van der Waals surface area (Å²) in [5.41, 5.74) is 2.57. The second-order valence-corrected chi connectivity index (χ2v) is 4.07. The number of ether oxygens (including phenoxy) is 1. The van der Waals surface area contributed by atoms with E-state index in [0.717, 1.165) is 23.4 Å². The average molecular weight is 228 g/mol. The van der Waals surface area contributed by atoms with Crippen LogP contribution in [-0.2, 0) is 6.42 Å². The Balaban J connectivity index is 2.04. The maximum atomic E-state index is 11.5. The summed E-state index contributed by atoms with van der Waals surface area (Å²) in [6.45, 7) is 0. The van der Waals surface area contributed by atoms with Gasteiger partial charge >= 0.3 is 0 Å². The molecule has 1 aromatic heterocycles. The average Bonchev–Trinajstić information content (AvgIpc) is 2.92. The van der Waals surface area contributed by atoms with Crippen molar-refractivity contribution in [3.63, 3.8) is 0 Å². The highest BCUT2D eigenvalue weighted by atomic mass is 16.5. The predicted molar refractivity (Wildman–Crippen MR) is 62.8 cm³/mol. The van der Waals surface area contributed by atoms with Crippen LogP contribution in [0, 0.1) is 0 Å². The fourth-order valence-corrected chi connectivity index (χ4v) is 2.08. The summed E-state index contributed by atoms with van der Waals surface area (Å²) in [6, 6.07) is 7.62. The molecule has 0 spiro atoms. The lowest BCUT2D eigenvalue weighted by Crippen LogP contribution is -2.00. The van der Waals surface area contributed by atoms with Gasteiger partial charge in [0.2, 0.25) is 0 Å². The first kappa shape index (κ1) is 10.1. The smallest absolute Gasteiger partial charge is 0.183 e. The maximum Gasteiger partial charge on any atom is 0.183 e. The molecule has 4 heteroatoms. The molecule has 0 fully saturated rings. The number of carbonyl (C=O) groups is 1. The summed E-state index contributed by atoms with van der Waals surface area (Å²) in [5.74, 6) is 0.922. The summed E-state index contributed by atoms with van der Waals surface area (Å²) in [5, 5.41) is 4.33. The minimum absolute atomic E-state index is 0.140. The van der Waals surface area contributed by atoms with Gasteiger partial charge in [0.1, 0.15) is 11.4 Å². The van der Waals surface area contributed by atoms with Crippen LogP contribution in [0.25, 0.3) is 5.69 Å². The van der Waals surface area contributed by atoms with Gasteiger partial charge in [-0.25, -0.2) is 4.68 Å². The fraction of sp³-hybridized carbons (Fsp3) is 0.231. The van der Waals surface area contributed by atoms with Gasteiger partial charge < -0.3 is 4.74 Å². The second kappa shape index (κ2) is 3.73. The summed E-state index contributed by atoms with van der Waals surface area (Å²) in [6.07, 6.45) is 3.32. The molecule has 0 bridgehead atoms. The van der Waals surface area contributed by atoms with Crippen molar-refractivity contribution in [1.29, 1.82) is 0 Å². The van der Waals surface area contributed by atoms with E-state index in [-0.39, 0.29) is 5.78 Å². The predicted octanol–water partition coefficient (Wildman–Crippen LogP) is 2.01. The number of aryl methyl sites for hydroxylation is 1. The highest BCUT2D eigenvalue weighted by Crippen LogP contribution is 2.23. The van der Waals surface area contributed by atoms with Crippen LogP contribution >= 0.6 is 0 Å². The number of Topliss-reactive ketones (excluding diaryl/α,β-unsaturated/α-hetero) is 1. The van der Waals surface area contributed by atoms with Crippen LogP contribution in [0.3, 0.4) is 0 Å². The molecule has 2 aromatic rings. The van der Waals surface area contributed by atoms with E-state index >= 15 is 0 Å². The number of ketones is 1. The Hall–Kier alpha value is -2.10. The molecule has 0 saturated heterocycles. The van der Waals surface area contributed by atoms with E-state index in [4.69, 9.17) is 4.74 Å². The molecule has 0 amide bonds. The Morgan fingerprint density at radius 1 is 1.35 bits per heavy atom. The molecule has 0 radical (unpaired) electrons. The standard InChI is InChI=1S/C13H12N2O2/c1-17-11-4-2-3-10(7-11)15-8-9-5-6-12(16)13(9)14-15/h2-4,7-8H,5-6H2,1H3. The van der Waals surface area contributed by atoms with Gasteiger partial charge in [0.05, 0.1) is 12.8 Å². The highest BCUT2D eigenvalue weighted by Gasteiger charge is 2.23. The molecule has 1 aliphatic carbocycles. The van der Waals surface area contributed by atoms with Crippen molar-refractivity contribution < 1.29 is 9.53 Å². The normalized spacial score (nSPS) is 13.8. The topological polar surface area (TPSA) is 44.1 Å². The van der Waals surface area contributed by atoms with Crippen molar-refractivity contribution in [2.24, 2.45) is 0 Å². The molecule has 0 aliphatic heterocycles. The van der Waals surface area contributed by atoms with E-state index in [0.29, 0.717) is 12.1 Å². The Labute approximate surface area is 98.8 Å². The summed E-state index contributed by atoms with van der Waals surface area (Å²) in [7, 11) is 1.63. The zero-order valence-corrected chi connectivity index (χ0v) is 9.51. The van der Waals surface area contributed by atoms with Crippen LogP contribution in [-0.4, -0.2) is 22.7 Å². The fourth-order valence-electron chi connectivity index (χ4n) is 2.08. The van der Waals surface area contributed by atoms with E-state index < -0.39 is 0 Å². The molecule has 1 aliphatic rings. The molecule has 0 saturated carbocycles. The third-order valence-electron chi connectivity index (χ3n) is 2.99. The first-order valence-electron chi connectivity index (χ1n) is 5.54. The number of methoxy groups -OCH3 is 1.